The van der Waals surface area contributed by atoms with Gasteiger partial charge in [-0.1, -0.05) is 26.7 Å². The third-order valence-electron chi connectivity index (χ3n) is 3.35. The monoisotopic (exact) mass is 211 g/mol. The molecular formula is C13H25NO. The van der Waals surface area contributed by atoms with Crippen molar-refractivity contribution in [1.82, 2.24) is 5.32 Å². The molecular weight excluding hydrogens is 186 g/mol. The zero-order valence-electron chi connectivity index (χ0n) is 10.2. The summed E-state index contributed by atoms with van der Waals surface area (Å²) in [4.78, 5) is 11.7. The maximum atomic E-state index is 11.7. The van der Waals surface area contributed by atoms with Crippen LogP contribution in [0.2, 0.25) is 0 Å². The zero-order valence-corrected chi connectivity index (χ0v) is 10.2. The fraction of sp³-hybridized carbons (Fsp3) is 0.923. The summed E-state index contributed by atoms with van der Waals surface area (Å²) in [6.07, 6.45) is 6.36. The van der Waals surface area contributed by atoms with E-state index in [4.69, 9.17) is 0 Å². The third-order valence-corrected chi connectivity index (χ3v) is 3.35. The summed E-state index contributed by atoms with van der Waals surface area (Å²) >= 11 is 0. The summed E-state index contributed by atoms with van der Waals surface area (Å²) in [5, 5.41) is 3.35. The molecule has 1 rings (SSSR count). The van der Waals surface area contributed by atoms with Gasteiger partial charge in [0, 0.05) is 12.8 Å². The first-order chi connectivity index (χ1) is 7.22. The topological polar surface area (TPSA) is 29.1 Å². The highest BCUT2D eigenvalue weighted by Crippen LogP contribution is 2.17. The van der Waals surface area contributed by atoms with E-state index in [-0.39, 0.29) is 0 Å². The van der Waals surface area contributed by atoms with E-state index in [0.717, 1.165) is 38.3 Å². The summed E-state index contributed by atoms with van der Waals surface area (Å²) in [7, 11) is 0. The first-order valence-corrected chi connectivity index (χ1v) is 6.44. The van der Waals surface area contributed by atoms with Gasteiger partial charge in [0.05, 0.1) is 0 Å². The van der Waals surface area contributed by atoms with Crippen LogP contribution < -0.4 is 5.32 Å². The second-order valence-corrected chi connectivity index (χ2v) is 5.03. The van der Waals surface area contributed by atoms with Crippen LogP contribution in [0, 0.1) is 11.8 Å². The van der Waals surface area contributed by atoms with E-state index in [2.05, 4.69) is 19.2 Å². The van der Waals surface area contributed by atoms with Gasteiger partial charge in [-0.2, -0.15) is 0 Å². The number of rotatable bonds is 7. The Kier molecular flexibility index (Phi) is 5.92. The summed E-state index contributed by atoms with van der Waals surface area (Å²) in [6.45, 7) is 6.65. The Bertz CT molecular complexity index is 185. The highest BCUT2D eigenvalue weighted by atomic mass is 16.1. The molecule has 0 bridgehead atoms. The molecule has 2 heteroatoms. The number of Topliss-reactive ketones (excluding diaryl/α,β-unsaturated/α-hetero) is 1. The smallest absolute Gasteiger partial charge is 0.133 e. The molecule has 2 unspecified atom stereocenters. The predicted octanol–water partition coefficient (Wildman–Crippen LogP) is 2.77. The Labute approximate surface area is 93.8 Å². The summed E-state index contributed by atoms with van der Waals surface area (Å²) < 4.78 is 0. The van der Waals surface area contributed by atoms with Crippen molar-refractivity contribution in [3.8, 4) is 0 Å². The molecule has 2 atom stereocenters. The van der Waals surface area contributed by atoms with Gasteiger partial charge in [-0.25, -0.2) is 0 Å². The van der Waals surface area contributed by atoms with Crippen LogP contribution >= 0.6 is 0 Å². The van der Waals surface area contributed by atoms with Gasteiger partial charge in [0.25, 0.3) is 0 Å². The Morgan fingerprint density at radius 1 is 1.53 bits per heavy atom. The van der Waals surface area contributed by atoms with Crippen molar-refractivity contribution in [2.75, 3.05) is 13.1 Å². The van der Waals surface area contributed by atoms with Gasteiger partial charge in [0.2, 0.25) is 0 Å². The van der Waals surface area contributed by atoms with Gasteiger partial charge in [-0.3, -0.25) is 4.79 Å². The SMILES string of the molecule is CCCC(C)CC(=O)CCC1CCNC1. The molecule has 1 saturated heterocycles. The second-order valence-electron chi connectivity index (χ2n) is 5.03. The minimum absolute atomic E-state index is 0.475. The largest absolute Gasteiger partial charge is 0.316 e. The number of carbonyl (C=O) groups excluding carboxylic acids is 1. The molecule has 0 amide bonds. The van der Waals surface area contributed by atoms with Crippen molar-refractivity contribution in [2.24, 2.45) is 11.8 Å². The Hall–Kier alpha value is -0.370. The first-order valence-electron chi connectivity index (χ1n) is 6.44. The number of nitrogens with one attached hydrogen (secondary N) is 1. The van der Waals surface area contributed by atoms with Crippen molar-refractivity contribution in [1.29, 1.82) is 0 Å². The molecule has 0 aromatic carbocycles. The quantitative estimate of drug-likeness (QED) is 0.701. The molecule has 1 aliphatic heterocycles. The van der Waals surface area contributed by atoms with Crippen molar-refractivity contribution in [3.05, 3.63) is 0 Å². The van der Waals surface area contributed by atoms with E-state index < -0.39 is 0 Å². The van der Waals surface area contributed by atoms with E-state index in [9.17, 15) is 4.79 Å². The van der Waals surface area contributed by atoms with Crippen LogP contribution in [-0.2, 0) is 4.79 Å². The molecule has 1 heterocycles. The van der Waals surface area contributed by atoms with Gasteiger partial charge >= 0.3 is 0 Å². The molecule has 1 N–H and O–H groups in total. The fourth-order valence-electron chi connectivity index (χ4n) is 2.41. The Balaban J connectivity index is 2.07. The van der Waals surface area contributed by atoms with Gasteiger partial charge in [-0.15, -0.1) is 0 Å². The number of hydrogen-bond donors (Lipinski definition) is 1. The van der Waals surface area contributed by atoms with Crippen LogP contribution in [0.25, 0.3) is 0 Å². The van der Waals surface area contributed by atoms with E-state index in [1.807, 2.05) is 0 Å². The number of ketones is 1. The lowest BCUT2D eigenvalue weighted by molar-refractivity contribution is -0.120. The van der Waals surface area contributed by atoms with Crippen molar-refractivity contribution in [2.45, 2.75) is 52.4 Å². The molecule has 0 aromatic rings. The first kappa shape index (κ1) is 12.7. The van der Waals surface area contributed by atoms with E-state index in [1.165, 1.54) is 19.3 Å². The summed E-state index contributed by atoms with van der Waals surface area (Å²) in [6, 6.07) is 0. The highest BCUT2D eigenvalue weighted by Gasteiger charge is 2.16. The lowest BCUT2D eigenvalue weighted by Gasteiger charge is -2.10. The van der Waals surface area contributed by atoms with E-state index in [1.54, 1.807) is 0 Å². The average Bonchev–Trinajstić information content (AvgIpc) is 2.67. The molecule has 0 saturated carbocycles. The van der Waals surface area contributed by atoms with Gasteiger partial charge in [0.15, 0.2) is 0 Å². The molecule has 88 valence electrons. The average molecular weight is 211 g/mol. The normalized spacial score (nSPS) is 22.9. The van der Waals surface area contributed by atoms with Crippen LogP contribution in [-0.4, -0.2) is 18.9 Å². The molecule has 1 fully saturated rings. The van der Waals surface area contributed by atoms with E-state index >= 15 is 0 Å². The van der Waals surface area contributed by atoms with Crippen LogP contribution in [0.15, 0.2) is 0 Å². The van der Waals surface area contributed by atoms with Crippen LogP contribution in [0.5, 0.6) is 0 Å². The predicted molar refractivity (Wildman–Crippen MR) is 63.9 cm³/mol. The van der Waals surface area contributed by atoms with Crippen molar-refractivity contribution >= 4 is 5.78 Å². The van der Waals surface area contributed by atoms with Gasteiger partial charge in [-0.05, 0) is 37.8 Å². The number of carbonyl (C=O) groups is 1. The number of hydrogen-bond acceptors (Lipinski definition) is 2. The lowest BCUT2D eigenvalue weighted by atomic mass is 9.94. The highest BCUT2D eigenvalue weighted by molar-refractivity contribution is 5.78. The lowest BCUT2D eigenvalue weighted by Crippen LogP contribution is -2.11. The van der Waals surface area contributed by atoms with Crippen LogP contribution in [0.3, 0.4) is 0 Å². The fourth-order valence-corrected chi connectivity index (χ4v) is 2.41. The standard InChI is InChI=1S/C13H25NO/c1-3-4-11(2)9-13(15)6-5-12-7-8-14-10-12/h11-12,14H,3-10H2,1-2H3. The summed E-state index contributed by atoms with van der Waals surface area (Å²) in [5.41, 5.74) is 0. The van der Waals surface area contributed by atoms with E-state index in [0.29, 0.717) is 11.7 Å². The molecule has 1 aliphatic rings. The maximum Gasteiger partial charge on any atom is 0.133 e. The van der Waals surface area contributed by atoms with Crippen LogP contribution in [0.1, 0.15) is 52.4 Å². The minimum atomic E-state index is 0.475. The van der Waals surface area contributed by atoms with Gasteiger partial charge in [0.1, 0.15) is 5.78 Å². The van der Waals surface area contributed by atoms with Crippen molar-refractivity contribution < 1.29 is 4.79 Å². The Morgan fingerprint density at radius 3 is 2.93 bits per heavy atom. The molecule has 0 aliphatic carbocycles. The molecule has 2 nitrogen and oxygen atoms in total. The molecule has 0 aromatic heterocycles. The minimum Gasteiger partial charge on any atom is -0.316 e. The summed E-state index contributed by atoms with van der Waals surface area (Å²) in [5.74, 6) is 1.82. The second kappa shape index (κ2) is 7.00. The molecule has 15 heavy (non-hydrogen) atoms. The third kappa shape index (κ3) is 5.31. The van der Waals surface area contributed by atoms with Gasteiger partial charge < -0.3 is 5.32 Å². The Morgan fingerprint density at radius 2 is 2.33 bits per heavy atom. The van der Waals surface area contributed by atoms with Crippen LogP contribution in [0.4, 0.5) is 0 Å². The van der Waals surface area contributed by atoms with Crippen molar-refractivity contribution in [3.63, 3.8) is 0 Å². The molecule has 0 spiro atoms. The molecule has 0 radical (unpaired) electrons. The zero-order chi connectivity index (χ0) is 11.1. The maximum absolute atomic E-state index is 11.7.